The Bertz CT molecular complexity index is 184. The second-order valence-corrected chi connectivity index (χ2v) is 6.53. The van der Waals surface area contributed by atoms with Gasteiger partial charge < -0.3 is 20.1 Å². The maximum atomic E-state index is 5.44. The Kier molecular flexibility index (Phi) is 11.2. The van der Waals surface area contributed by atoms with Gasteiger partial charge in [-0.2, -0.15) is 12.6 Å². The van der Waals surface area contributed by atoms with Crippen LogP contribution in [-0.4, -0.2) is 56.9 Å². The molecular formula is C13H30N2O2S. The summed E-state index contributed by atoms with van der Waals surface area (Å²) in [6.45, 7) is 13.9. The van der Waals surface area contributed by atoms with Crippen LogP contribution in [0.5, 0.6) is 0 Å². The molecular weight excluding hydrogens is 248 g/mol. The largest absolute Gasteiger partial charge is 0.378 e. The molecule has 0 saturated heterocycles. The molecule has 0 heterocycles. The zero-order valence-corrected chi connectivity index (χ0v) is 13.2. The lowest BCUT2D eigenvalue weighted by atomic mass is 10.2. The smallest absolute Gasteiger partial charge is 0.0701 e. The van der Waals surface area contributed by atoms with E-state index >= 15 is 0 Å². The van der Waals surface area contributed by atoms with Gasteiger partial charge in [0.1, 0.15) is 0 Å². The molecule has 0 atom stereocenters. The second-order valence-electron chi connectivity index (χ2n) is 5.32. The molecule has 110 valence electrons. The molecule has 18 heavy (non-hydrogen) atoms. The molecule has 0 aromatic carbocycles. The summed E-state index contributed by atoms with van der Waals surface area (Å²) in [5, 5.41) is 6.59. The van der Waals surface area contributed by atoms with Gasteiger partial charge in [0.15, 0.2) is 0 Å². The highest BCUT2D eigenvalue weighted by Gasteiger charge is 2.09. The summed E-state index contributed by atoms with van der Waals surface area (Å²) in [7, 11) is 0. The fourth-order valence-electron chi connectivity index (χ4n) is 1.28. The molecule has 0 unspecified atom stereocenters. The van der Waals surface area contributed by atoms with Crippen LogP contribution in [0.4, 0.5) is 0 Å². The van der Waals surface area contributed by atoms with Crippen molar-refractivity contribution in [2.75, 3.05) is 46.1 Å². The lowest BCUT2D eigenvalue weighted by molar-refractivity contribution is 0.0495. The Hall–Kier alpha value is 0.190. The maximum Gasteiger partial charge on any atom is 0.0701 e. The molecule has 0 spiro atoms. The van der Waals surface area contributed by atoms with Crippen LogP contribution in [0.1, 0.15) is 27.7 Å². The molecule has 0 aliphatic heterocycles. The molecule has 0 fully saturated rings. The normalized spacial score (nSPS) is 12.3. The first-order valence-corrected chi connectivity index (χ1v) is 7.18. The molecule has 0 bridgehead atoms. The minimum atomic E-state index is 0.0343. The molecule has 0 rings (SSSR count). The summed E-state index contributed by atoms with van der Waals surface area (Å²) < 4.78 is 10.9. The van der Waals surface area contributed by atoms with Crippen molar-refractivity contribution in [2.24, 2.45) is 0 Å². The Morgan fingerprint density at radius 2 is 1.56 bits per heavy atom. The zero-order chi connectivity index (χ0) is 13.9. The highest BCUT2D eigenvalue weighted by atomic mass is 32.1. The van der Waals surface area contributed by atoms with Gasteiger partial charge >= 0.3 is 0 Å². The van der Waals surface area contributed by atoms with E-state index in [4.69, 9.17) is 9.47 Å². The van der Waals surface area contributed by atoms with Crippen molar-refractivity contribution >= 4 is 12.6 Å². The van der Waals surface area contributed by atoms with Crippen LogP contribution in [0.15, 0.2) is 0 Å². The number of thiol groups is 1. The number of hydrogen-bond acceptors (Lipinski definition) is 5. The van der Waals surface area contributed by atoms with E-state index in [1.165, 1.54) is 0 Å². The average molecular weight is 278 g/mol. The van der Waals surface area contributed by atoms with Gasteiger partial charge in [0.25, 0.3) is 0 Å². The van der Waals surface area contributed by atoms with E-state index in [0.29, 0.717) is 19.3 Å². The van der Waals surface area contributed by atoms with Gasteiger partial charge in [0, 0.05) is 30.4 Å². The third-order valence-corrected chi connectivity index (χ3v) is 2.31. The molecule has 0 radical (unpaired) electrons. The van der Waals surface area contributed by atoms with Gasteiger partial charge in [-0.05, 0) is 13.8 Å². The van der Waals surface area contributed by atoms with Gasteiger partial charge in [-0.15, -0.1) is 0 Å². The van der Waals surface area contributed by atoms with Crippen LogP contribution in [0, 0.1) is 0 Å². The van der Waals surface area contributed by atoms with Gasteiger partial charge in [-0.3, -0.25) is 0 Å². The Morgan fingerprint density at radius 1 is 1.00 bits per heavy atom. The van der Waals surface area contributed by atoms with E-state index in [1.807, 2.05) is 0 Å². The van der Waals surface area contributed by atoms with E-state index in [2.05, 4.69) is 51.0 Å². The first kappa shape index (κ1) is 18.2. The molecule has 0 amide bonds. The summed E-state index contributed by atoms with van der Waals surface area (Å²) in [6.07, 6.45) is 0. The van der Waals surface area contributed by atoms with E-state index in [9.17, 15) is 0 Å². The first-order valence-electron chi connectivity index (χ1n) is 6.74. The molecule has 0 aromatic heterocycles. The van der Waals surface area contributed by atoms with Crippen molar-refractivity contribution in [1.29, 1.82) is 0 Å². The van der Waals surface area contributed by atoms with E-state index in [0.717, 1.165) is 32.8 Å². The van der Waals surface area contributed by atoms with Crippen molar-refractivity contribution < 1.29 is 9.47 Å². The van der Waals surface area contributed by atoms with Crippen molar-refractivity contribution in [1.82, 2.24) is 10.6 Å². The molecule has 0 aliphatic rings. The summed E-state index contributed by atoms with van der Waals surface area (Å²) in [5.74, 6) is 0. The van der Waals surface area contributed by atoms with Crippen LogP contribution in [0.3, 0.4) is 0 Å². The van der Waals surface area contributed by atoms with E-state index in [1.54, 1.807) is 0 Å². The summed E-state index contributed by atoms with van der Waals surface area (Å²) in [4.78, 5) is 0. The van der Waals surface area contributed by atoms with E-state index in [-0.39, 0.29) is 4.75 Å². The predicted molar refractivity (Wildman–Crippen MR) is 80.7 cm³/mol. The van der Waals surface area contributed by atoms with Crippen LogP contribution in [0.25, 0.3) is 0 Å². The van der Waals surface area contributed by atoms with Gasteiger partial charge in [0.2, 0.25) is 0 Å². The maximum absolute atomic E-state index is 5.44. The zero-order valence-electron chi connectivity index (χ0n) is 12.3. The topological polar surface area (TPSA) is 42.5 Å². The van der Waals surface area contributed by atoms with Gasteiger partial charge in [-0.1, -0.05) is 13.8 Å². The van der Waals surface area contributed by atoms with Crippen LogP contribution < -0.4 is 10.6 Å². The Balaban J connectivity index is 3.04. The number of rotatable bonds is 12. The summed E-state index contributed by atoms with van der Waals surface area (Å²) in [5.41, 5.74) is 0. The minimum absolute atomic E-state index is 0.0343. The van der Waals surface area contributed by atoms with Crippen molar-refractivity contribution in [3.63, 3.8) is 0 Å². The minimum Gasteiger partial charge on any atom is -0.378 e. The van der Waals surface area contributed by atoms with Crippen molar-refractivity contribution in [3.8, 4) is 0 Å². The highest BCUT2D eigenvalue weighted by Crippen LogP contribution is 2.08. The van der Waals surface area contributed by atoms with Crippen molar-refractivity contribution in [2.45, 2.75) is 38.5 Å². The Labute approximate surface area is 118 Å². The monoisotopic (exact) mass is 278 g/mol. The third kappa shape index (κ3) is 16.2. The number of hydrogen-bond donors (Lipinski definition) is 3. The molecule has 0 saturated carbocycles. The summed E-state index contributed by atoms with van der Waals surface area (Å²) in [6, 6.07) is 0.520. The summed E-state index contributed by atoms with van der Waals surface area (Å²) >= 11 is 4.43. The molecule has 2 N–H and O–H groups in total. The van der Waals surface area contributed by atoms with Crippen LogP contribution in [0.2, 0.25) is 0 Å². The molecule has 4 nitrogen and oxygen atoms in total. The van der Waals surface area contributed by atoms with Crippen molar-refractivity contribution in [3.05, 3.63) is 0 Å². The number of ether oxygens (including phenoxy) is 2. The fourth-order valence-corrected chi connectivity index (χ4v) is 1.39. The molecule has 0 aliphatic carbocycles. The lowest BCUT2D eigenvalue weighted by Crippen LogP contribution is -2.32. The van der Waals surface area contributed by atoms with E-state index < -0.39 is 0 Å². The first-order chi connectivity index (χ1) is 8.42. The van der Waals surface area contributed by atoms with Crippen LogP contribution >= 0.6 is 12.6 Å². The molecule has 0 aromatic rings. The fraction of sp³-hybridized carbons (Fsp3) is 1.00. The van der Waals surface area contributed by atoms with Gasteiger partial charge in [0.05, 0.1) is 26.4 Å². The quantitative estimate of drug-likeness (QED) is 0.372. The Morgan fingerprint density at radius 3 is 2.06 bits per heavy atom. The second kappa shape index (κ2) is 11.1. The SMILES string of the molecule is CC(C)NCCOCCOCCNCC(C)(C)S. The average Bonchev–Trinajstić information content (AvgIpc) is 2.24. The van der Waals surface area contributed by atoms with Gasteiger partial charge in [-0.25, -0.2) is 0 Å². The molecule has 5 heteroatoms. The predicted octanol–water partition coefficient (Wildman–Crippen LogP) is 1.32. The third-order valence-electron chi connectivity index (χ3n) is 2.15. The number of nitrogens with one attached hydrogen (secondary N) is 2. The van der Waals surface area contributed by atoms with Crippen LogP contribution in [-0.2, 0) is 9.47 Å². The highest BCUT2D eigenvalue weighted by molar-refractivity contribution is 7.81. The lowest BCUT2D eigenvalue weighted by Gasteiger charge is -2.17. The standard InChI is InChI=1S/C13H30N2O2S/c1-12(2)15-6-8-17-10-9-16-7-5-14-11-13(3,4)18/h12,14-15,18H,5-11H2,1-4H3.